The lowest BCUT2D eigenvalue weighted by Crippen LogP contribution is -2.15. The molecular weight excluding hydrogens is 431 g/mol. The molecule has 0 bridgehead atoms. The van der Waals surface area contributed by atoms with Crippen molar-refractivity contribution in [2.24, 2.45) is 0 Å². The van der Waals surface area contributed by atoms with Gasteiger partial charge in [-0.05, 0) is 23.8 Å². The van der Waals surface area contributed by atoms with Crippen molar-refractivity contribution in [2.45, 2.75) is 17.8 Å². The van der Waals surface area contributed by atoms with E-state index < -0.39 is 6.10 Å². The fourth-order valence-electron chi connectivity index (χ4n) is 2.60. The van der Waals surface area contributed by atoms with Gasteiger partial charge in [0.2, 0.25) is 5.91 Å². The highest BCUT2D eigenvalue weighted by Crippen LogP contribution is 2.27. The van der Waals surface area contributed by atoms with E-state index in [-0.39, 0.29) is 11.7 Å². The maximum atomic E-state index is 12.3. The summed E-state index contributed by atoms with van der Waals surface area (Å²) >= 11 is 13.2. The summed E-state index contributed by atoms with van der Waals surface area (Å²) in [6, 6.07) is 14.0. The first-order valence-electron chi connectivity index (χ1n) is 8.64. The number of nitrogens with zero attached hydrogens (tertiary/aromatic N) is 3. The van der Waals surface area contributed by atoms with Gasteiger partial charge in [-0.1, -0.05) is 71.4 Å². The molecule has 6 nitrogen and oxygen atoms in total. The quantitative estimate of drug-likeness (QED) is 0.389. The van der Waals surface area contributed by atoms with Crippen LogP contribution in [0.3, 0.4) is 0 Å². The van der Waals surface area contributed by atoms with E-state index in [0.717, 1.165) is 0 Å². The maximum Gasteiger partial charge on any atom is 0.234 e. The number of amides is 1. The lowest BCUT2D eigenvalue weighted by atomic mass is 10.1. The molecular formula is C20H18Cl2N4O2S. The zero-order valence-electron chi connectivity index (χ0n) is 15.3. The molecule has 0 saturated carbocycles. The van der Waals surface area contributed by atoms with Crippen LogP contribution in [0.5, 0.6) is 0 Å². The molecule has 150 valence electrons. The van der Waals surface area contributed by atoms with Crippen molar-refractivity contribution < 1.29 is 9.90 Å². The van der Waals surface area contributed by atoms with Gasteiger partial charge in [0, 0.05) is 11.6 Å². The van der Waals surface area contributed by atoms with E-state index in [9.17, 15) is 9.90 Å². The Kier molecular flexibility index (Phi) is 7.33. The number of aliphatic hydroxyl groups is 1. The molecule has 1 amide bonds. The SMILES string of the molecule is C=CCn1c(SCC(=O)Nc2ccc(Cl)cc2Cl)nnc1[C@@H](O)c1ccccc1. The lowest BCUT2D eigenvalue weighted by molar-refractivity contribution is -0.113. The molecule has 3 rings (SSSR count). The van der Waals surface area contributed by atoms with Crippen molar-refractivity contribution in [3.63, 3.8) is 0 Å². The van der Waals surface area contributed by atoms with Crippen LogP contribution in [0, 0.1) is 0 Å². The third kappa shape index (κ3) is 5.39. The Labute approximate surface area is 182 Å². The highest BCUT2D eigenvalue weighted by atomic mass is 35.5. The third-order valence-electron chi connectivity index (χ3n) is 3.95. The highest BCUT2D eigenvalue weighted by Gasteiger charge is 2.21. The largest absolute Gasteiger partial charge is 0.380 e. The summed E-state index contributed by atoms with van der Waals surface area (Å²) in [4.78, 5) is 12.3. The Morgan fingerprint density at radius 3 is 2.69 bits per heavy atom. The van der Waals surface area contributed by atoms with Gasteiger partial charge in [-0.2, -0.15) is 0 Å². The second-order valence-corrected chi connectivity index (χ2v) is 7.80. The number of carbonyl (C=O) groups is 1. The van der Waals surface area contributed by atoms with Gasteiger partial charge >= 0.3 is 0 Å². The Morgan fingerprint density at radius 1 is 1.24 bits per heavy atom. The minimum absolute atomic E-state index is 0.0929. The van der Waals surface area contributed by atoms with E-state index in [2.05, 4.69) is 22.1 Å². The number of benzene rings is 2. The van der Waals surface area contributed by atoms with Crippen LogP contribution in [0.2, 0.25) is 10.0 Å². The third-order valence-corrected chi connectivity index (χ3v) is 5.47. The smallest absolute Gasteiger partial charge is 0.234 e. The summed E-state index contributed by atoms with van der Waals surface area (Å²) in [6.45, 7) is 4.15. The van der Waals surface area contributed by atoms with Crippen molar-refractivity contribution in [2.75, 3.05) is 11.1 Å². The number of hydrogen-bond acceptors (Lipinski definition) is 5. The standard InChI is InChI=1S/C20H18Cl2N4O2S/c1-2-10-26-19(18(28)13-6-4-3-5-7-13)24-25-20(26)29-12-17(27)23-16-9-8-14(21)11-15(16)22/h2-9,11,18,28H,1,10,12H2,(H,23,27)/t18-/m0/s1. The fraction of sp³-hybridized carbons (Fsp3) is 0.150. The number of aliphatic hydroxyl groups excluding tert-OH is 1. The maximum absolute atomic E-state index is 12.3. The van der Waals surface area contributed by atoms with Crippen LogP contribution in [-0.4, -0.2) is 31.5 Å². The molecule has 0 radical (unpaired) electrons. The second-order valence-electron chi connectivity index (χ2n) is 6.01. The first-order chi connectivity index (χ1) is 14.0. The molecule has 9 heteroatoms. The number of allylic oxidation sites excluding steroid dienone is 1. The van der Waals surface area contributed by atoms with Gasteiger partial charge in [0.15, 0.2) is 11.0 Å². The number of aromatic nitrogens is 3. The number of halogens is 2. The molecule has 0 fully saturated rings. The van der Waals surface area contributed by atoms with Gasteiger partial charge in [-0.25, -0.2) is 0 Å². The highest BCUT2D eigenvalue weighted by molar-refractivity contribution is 7.99. The minimum atomic E-state index is -0.931. The summed E-state index contributed by atoms with van der Waals surface area (Å²) in [6.07, 6.45) is 0.752. The van der Waals surface area contributed by atoms with Crippen molar-refractivity contribution in [3.05, 3.63) is 82.6 Å². The first kappa shape index (κ1) is 21.4. The average Bonchev–Trinajstić information content (AvgIpc) is 3.11. The molecule has 29 heavy (non-hydrogen) atoms. The predicted molar refractivity (Wildman–Crippen MR) is 117 cm³/mol. The number of nitrogens with one attached hydrogen (secondary N) is 1. The van der Waals surface area contributed by atoms with E-state index in [1.165, 1.54) is 11.8 Å². The van der Waals surface area contributed by atoms with Crippen molar-refractivity contribution in [1.29, 1.82) is 0 Å². The Bertz CT molecular complexity index is 1010. The van der Waals surface area contributed by atoms with Crippen LogP contribution in [-0.2, 0) is 11.3 Å². The second kappa shape index (κ2) is 9.93. The Morgan fingerprint density at radius 2 is 2.00 bits per heavy atom. The average molecular weight is 449 g/mol. The van der Waals surface area contributed by atoms with Crippen LogP contribution in [0.4, 0.5) is 5.69 Å². The van der Waals surface area contributed by atoms with Gasteiger partial charge in [0.05, 0.1) is 16.5 Å². The molecule has 0 aliphatic heterocycles. The molecule has 1 aromatic heterocycles. The van der Waals surface area contributed by atoms with Gasteiger partial charge < -0.3 is 10.4 Å². The topological polar surface area (TPSA) is 80.0 Å². The first-order valence-corrected chi connectivity index (χ1v) is 10.4. The summed E-state index contributed by atoms with van der Waals surface area (Å²) in [5, 5.41) is 23.0. The van der Waals surface area contributed by atoms with E-state index >= 15 is 0 Å². The van der Waals surface area contributed by atoms with Crippen molar-refractivity contribution in [1.82, 2.24) is 14.8 Å². The Balaban J connectivity index is 1.71. The fourth-order valence-corrected chi connectivity index (χ4v) is 3.81. The molecule has 0 aliphatic rings. The van der Waals surface area contributed by atoms with Crippen LogP contribution in [0.1, 0.15) is 17.5 Å². The molecule has 0 unspecified atom stereocenters. The number of anilines is 1. The molecule has 1 atom stereocenters. The van der Waals surface area contributed by atoms with E-state index in [0.29, 0.717) is 38.8 Å². The molecule has 3 aromatic rings. The van der Waals surface area contributed by atoms with Gasteiger partial charge in [0.25, 0.3) is 0 Å². The van der Waals surface area contributed by atoms with Gasteiger partial charge in [-0.3, -0.25) is 9.36 Å². The number of carbonyl (C=O) groups excluding carboxylic acids is 1. The molecule has 0 spiro atoms. The predicted octanol–water partition coefficient (Wildman–Crippen LogP) is 4.58. The summed E-state index contributed by atoms with van der Waals surface area (Å²) in [7, 11) is 0. The molecule has 0 saturated heterocycles. The molecule has 2 N–H and O–H groups in total. The van der Waals surface area contributed by atoms with Crippen molar-refractivity contribution >= 4 is 46.6 Å². The molecule has 2 aromatic carbocycles. The zero-order chi connectivity index (χ0) is 20.8. The number of thioether (sulfide) groups is 1. The number of hydrogen-bond donors (Lipinski definition) is 2. The molecule has 1 heterocycles. The minimum Gasteiger partial charge on any atom is -0.380 e. The number of rotatable bonds is 8. The Hall–Kier alpha value is -2.32. The van der Waals surface area contributed by atoms with E-state index in [1.807, 2.05) is 30.3 Å². The van der Waals surface area contributed by atoms with Gasteiger partial charge in [0.1, 0.15) is 6.10 Å². The van der Waals surface area contributed by atoms with Crippen molar-refractivity contribution in [3.8, 4) is 0 Å². The monoisotopic (exact) mass is 448 g/mol. The summed E-state index contributed by atoms with van der Waals surface area (Å²) < 4.78 is 1.73. The van der Waals surface area contributed by atoms with Crippen LogP contribution in [0.25, 0.3) is 0 Å². The van der Waals surface area contributed by atoms with Crippen LogP contribution in [0.15, 0.2) is 66.3 Å². The van der Waals surface area contributed by atoms with E-state index in [1.54, 1.807) is 28.8 Å². The van der Waals surface area contributed by atoms with E-state index in [4.69, 9.17) is 23.2 Å². The normalized spacial score (nSPS) is 11.8. The van der Waals surface area contributed by atoms with Gasteiger partial charge in [-0.15, -0.1) is 16.8 Å². The van der Waals surface area contributed by atoms with Crippen LogP contribution < -0.4 is 5.32 Å². The zero-order valence-corrected chi connectivity index (χ0v) is 17.6. The summed E-state index contributed by atoms with van der Waals surface area (Å²) in [5.41, 5.74) is 1.19. The lowest BCUT2D eigenvalue weighted by Gasteiger charge is -2.13. The summed E-state index contributed by atoms with van der Waals surface area (Å²) in [5.74, 6) is 0.229. The molecule has 0 aliphatic carbocycles. The van der Waals surface area contributed by atoms with Crippen LogP contribution >= 0.6 is 35.0 Å².